The third-order valence-corrected chi connectivity index (χ3v) is 1.82. The van der Waals surface area contributed by atoms with Gasteiger partial charge in [-0.15, -0.1) is 0 Å². The summed E-state index contributed by atoms with van der Waals surface area (Å²) >= 11 is 0. The maximum absolute atomic E-state index is 11.0. The van der Waals surface area contributed by atoms with Crippen molar-refractivity contribution in [3.8, 4) is 0 Å². The lowest BCUT2D eigenvalue weighted by molar-refractivity contribution is -0.149. The Morgan fingerprint density at radius 3 is 2.33 bits per heavy atom. The van der Waals surface area contributed by atoms with E-state index in [1.54, 1.807) is 0 Å². The molecule has 70 valence electrons. The molecule has 0 unspecified atom stereocenters. The highest BCUT2D eigenvalue weighted by Crippen LogP contribution is 2.11. The number of unbranched alkanes of at least 4 members (excludes halogenated alkanes) is 1. The van der Waals surface area contributed by atoms with Crippen LogP contribution in [0.5, 0.6) is 0 Å². The number of ketones is 1. The van der Waals surface area contributed by atoms with E-state index in [4.69, 9.17) is 0 Å². The van der Waals surface area contributed by atoms with Crippen molar-refractivity contribution in [3.63, 3.8) is 0 Å². The summed E-state index contributed by atoms with van der Waals surface area (Å²) in [7, 11) is 1.31. The Kier molecular flexibility index (Phi) is 5.34. The van der Waals surface area contributed by atoms with Gasteiger partial charge < -0.3 is 4.74 Å². The maximum Gasteiger partial charge on any atom is 0.316 e. The summed E-state index contributed by atoms with van der Waals surface area (Å²) in [6.45, 7) is 3.45. The van der Waals surface area contributed by atoms with Crippen molar-refractivity contribution in [2.45, 2.75) is 33.1 Å². The molecular formula is C9H16O3. The van der Waals surface area contributed by atoms with Gasteiger partial charge in [0.15, 0.2) is 0 Å². The number of carbonyl (C=O) groups is 2. The van der Waals surface area contributed by atoms with E-state index in [1.807, 2.05) is 6.92 Å². The molecule has 0 aromatic heterocycles. The van der Waals surface area contributed by atoms with Crippen molar-refractivity contribution in [1.82, 2.24) is 0 Å². The second kappa shape index (κ2) is 5.75. The highest BCUT2D eigenvalue weighted by atomic mass is 16.5. The second-order valence-electron chi connectivity index (χ2n) is 2.83. The summed E-state index contributed by atoms with van der Waals surface area (Å²) in [4.78, 5) is 22.0. The average Bonchev–Trinajstić information content (AvgIpc) is 2.04. The van der Waals surface area contributed by atoms with E-state index in [1.165, 1.54) is 14.0 Å². The maximum atomic E-state index is 11.0. The fourth-order valence-corrected chi connectivity index (χ4v) is 1.04. The lowest BCUT2D eigenvalue weighted by Gasteiger charge is -2.09. The molecule has 0 aliphatic rings. The highest BCUT2D eigenvalue weighted by molar-refractivity contribution is 5.97. The molecule has 0 fully saturated rings. The molecule has 0 aromatic carbocycles. The molecule has 0 N–H and O–H groups in total. The Morgan fingerprint density at radius 2 is 2.00 bits per heavy atom. The third kappa shape index (κ3) is 3.51. The molecule has 0 heterocycles. The summed E-state index contributed by atoms with van der Waals surface area (Å²) in [6, 6.07) is 0. The molecule has 12 heavy (non-hydrogen) atoms. The molecule has 0 aliphatic carbocycles. The van der Waals surface area contributed by atoms with Crippen LogP contribution in [0.2, 0.25) is 0 Å². The van der Waals surface area contributed by atoms with Crippen molar-refractivity contribution in [2.75, 3.05) is 7.11 Å². The average molecular weight is 172 g/mol. The zero-order valence-electron chi connectivity index (χ0n) is 7.92. The predicted octanol–water partition coefficient (Wildman–Crippen LogP) is 1.55. The quantitative estimate of drug-likeness (QED) is 0.467. The number of esters is 1. The Morgan fingerprint density at radius 1 is 1.42 bits per heavy atom. The smallest absolute Gasteiger partial charge is 0.316 e. The molecule has 0 rings (SSSR count). The standard InChI is InChI=1S/C9H16O3/c1-4-5-6-8(7(2)10)9(11)12-3/h8H,4-6H2,1-3H3/t8-/m0/s1. The Balaban J connectivity index is 4.04. The molecule has 1 atom stereocenters. The summed E-state index contributed by atoms with van der Waals surface area (Å²) in [5.74, 6) is -1.05. The lowest BCUT2D eigenvalue weighted by Crippen LogP contribution is -2.23. The van der Waals surface area contributed by atoms with Crippen LogP contribution in [0.3, 0.4) is 0 Å². The van der Waals surface area contributed by atoms with Gasteiger partial charge >= 0.3 is 5.97 Å². The molecule has 0 amide bonds. The summed E-state index contributed by atoms with van der Waals surface area (Å²) in [5.41, 5.74) is 0. The van der Waals surface area contributed by atoms with E-state index in [-0.39, 0.29) is 5.78 Å². The largest absolute Gasteiger partial charge is 0.468 e. The highest BCUT2D eigenvalue weighted by Gasteiger charge is 2.22. The van der Waals surface area contributed by atoms with Crippen molar-refractivity contribution in [3.05, 3.63) is 0 Å². The third-order valence-electron chi connectivity index (χ3n) is 1.82. The molecular weight excluding hydrogens is 156 g/mol. The zero-order chi connectivity index (χ0) is 9.56. The van der Waals surface area contributed by atoms with Gasteiger partial charge in [-0.1, -0.05) is 19.8 Å². The molecule has 0 saturated carbocycles. The first kappa shape index (κ1) is 11.1. The molecule has 0 aromatic rings. The van der Waals surface area contributed by atoms with Crippen LogP contribution in [0.1, 0.15) is 33.1 Å². The predicted molar refractivity (Wildman–Crippen MR) is 45.7 cm³/mol. The molecule has 0 spiro atoms. The van der Waals surface area contributed by atoms with Crippen LogP contribution in [-0.2, 0) is 14.3 Å². The number of Topliss-reactive ketones (excluding diaryl/α,β-unsaturated/α-hetero) is 1. The normalized spacial score (nSPS) is 12.2. The van der Waals surface area contributed by atoms with E-state index in [9.17, 15) is 9.59 Å². The van der Waals surface area contributed by atoms with Crippen LogP contribution in [0.15, 0.2) is 0 Å². The molecule has 3 nitrogen and oxygen atoms in total. The molecule has 3 heteroatoms. The van der Waals surface area contributed by atoms with Gasteiger partial charge in [0, 0.05) is 0 Å². The van der Waals surface area contributed by atoms with E-state index >= 15 is 0 Å². The monoisotopic (exact) mass is 172 g/mol. The van der Waals surface area contributed by atoms with E-state index in [0.29, 0.717) is 6.42 Å². The fourth-order valence-electron chi connectivity index (χ4n) is 1.04. The minimum atomic E-state index is -0.546. The fraction of sp³-hybridized carbons (Fsp3) is 0.778. The minimum absolute atomic E-state index is 0.102. The van der Waals surface area contributed by atoms with Crippen LogP contribution in [0, 0.1) is 5.92 Å². The molecule has 0 aliphatic heterocycles. The van der Waals surface area contributed by atoms with Gasteiger partial charge in [-0.05, 0) is 13.3 Å². The van der Waals surface area contributed by atoms with Crippen LogP contribution in [0.25, 0.3) is 0 Å². The Bertz CT molecular complexity index is 163. The van der Waals surface area contributed by atoms with Crippen molar-refractivity contribution < 1.29 is 14.3 Å². The number of ether oxygens (including phenoxy) is 1. The first-order valence-electron chi connectivity index (χ1n) is 4.21. The van der Waals surface area contributed by atoms with Crippen molar-refractivity contribution in [1.29, 1.82) is 0 Å². The first-order chi connectivity index (χ1) is 5.63. The van der Waals surface area contributed by atoms with Crippen LogP contribution < -0.4 is 0 Å². The SMILES string of the molecule is CCCC[C@@H](C(C)=O)C(=O)OC. The van der Waals surface area contributed by atoms with Gasteiger partial charge in [-0.2, -0.15) is 0 Å². The van der Waals surface area contributed by atoms with E-state index in [2.05, 4.69) is 4.74 Å². The van der Waals surface area contributed by atoms with Gasteiger partial charge in [0.2, 0.25) is 0 Å². The number of rotatable bonds is 5. The van der Waals surface area contributed by atoms with E-state index < -0.39 is 11.9 Å². The van der Waals surface area contributed by atoms with E-state index in [0.717, 1.165) is 12.8 Å². The zero-order valence-corrected chi connectivity index (χ0v) is 7.92. The van der Waals surface area contributed by atoms with Gasteiger partial charge in [-0.25, -0.2) is 0 Å². The second-order valence-corrected chi connectivity index (χ2v) is 2.83. The molecule has 0 saturated heterocycles. The Hall–Kier alpha value is -0.860. The number of carbonyl (C=O) groups excluding carboxylic acids is 2. The van der Waals surface area contributed by atoms with Gasteiger partial charge in [-0.3, -0.25) is 9.59 Å². The number of methoxy groups -OCH3 is 1. The van der Waals surface area contributed by atoms with Gasteiger partial charge in [0.25, 0.3) is 0 Å². The van der Waals surface area contributed by atoms with Crippen molar-refractivity contribution >= 4 is 11.8 Å². The Labute approximate surface area is 73.1 Å². The van der Waals surface area contributed by atoms with Crippen molar-refractivity contribution in [2.24, 2.45) is 5.92 Å². The van der Waals surface area contributed by atoms with Crippen LogP contribution in [-0.4, -0.2) is 18.9 Å². The topological polar surface area (TPSA) is 43.4 Å². The van der Waals surface area contributed by atoms with Crippen LogP contribution in [0.4, 0.5) is 0 Å². The summed E-state index contributed by atoms with van der Waals surface area (Å²) < 4.78 is 4.51. The summed E-state index contributed by atoms with van der Waals surface area (Å²) in [5, 5.41) is 0. The summed E-state index contributed by atoms with van der Waals surface area (Å²) in [6.07, 6.45) is 2.48. The molecule has 0 radical (unpaired) electrons. The number of hydrogen-bond donors (Lipinski definition) is 0. The minimum Gasteiger partial charge on any atom is -0.468 e. The first-order valence-corrected chi connectivity index (χ1v) is 4.21. The molecule has 0 bridgehead atoms. The van der Waals surface area contributed by atoms with Crippen LogP contribution >= 0.6 is 0 Å². The van der Waals surface area contributed by atoms with Gasteiger partial charge in [0.05, 0.1) is 7.11 Å². The number of hydrogen-bond acceptors (Lipinski definition) is 3. The lowest BCUT2D eigenvalue weighted by atomic mass is 9.99. The van der Waals surface area contributed by atoms with Gasteiger partial charge in [0.1, 0.15) is 11.7 Å².